The maximum atomic E-state index is 11.8. The molecule has 0 spiro atoms. The topological polar surface area (TPSA) is 67.5 Å². The van der Waals surface area contributed by atoms with Crippen LogP contribution in [0.4, 0.5) is 0 Å². The Kier molecular flexibility index (Phi) is 2.16. The molecule has 0 aliphatic carbocycles. The van der Waals surface area contributed by atoms with Gasteiger partial charge in [0, 0.05) is 5.39 Å². The Morgan fingerprint density at radius 2 is 1.72 bits per heavy atom. The smallest absolute Gasteiger partial charge is 0.344 e. The van der Waals surface area contributed by atoms with Crippen LogP contribution in [0.25, 0.3) is 21.7 Å². The largest absolute Gasteiger partial charge is 0.478 e. The van der Waals surface area contributed by atoms with E-state index in [0.717, 1.165) is 10.8 Å². The number of hydrogen-bond donors (Lipinski definition) is 1. The molecule has 4 nitrogen and oxygen atoms in total. The van der Waals surface area contributed by atoms with E-state index in [-0.39, 0.29) is 5.56 Å². The van der Waals surface area contributed by atoms with Gasteiger partial charge in [0.25, 0.3) is 0 Å². The summed E-state index contributed by atoms with van der Waals surface area (Å²) >= 11 is 0. The molecule has 0 aliphatic heterocycles. The van der Waals surface area contributed by atoms with Crippen LogP contribution < -0.4 is 5.63 Å². The van der Waals surface area contributed by atoms with Gasteiger partial charge >= 0.3 is 11.6 Å². The molecule has 0 unspecified atom stereocenters. The number of carboxylic acid groups (broad SMARTS) is 1. The van der Waals surface area contributed by atoms with Crippen LogP contribution in [0.3, 0.4) is 0 Å². The van der Waals surface area contributed by atoms with Crippen LogP contribution in [0.2, 0.25) is 0 Å². The Morgan fingerprint density at radius 1 is 1.00 bits per heavy atom. The zero-order valence-corrected chi connectivity index (χ0v) is 9.21. The highest BCUT2D eigenvalue weighted by Crippen LogP contribution is 2.23. The summed E-state index contributed by atoms with van der Waals surface area (Å²) in [4.78, 5) is 22.6. The molecule has 0 fully saturated rings. The lowest BCUT2D eigenvalue weighted by Crippen LogP contribution is -2.01. The number of benzene rings is 2. The van der Waals surface area contributed by atoms with Crippen LogP contribution in [-0.2, 0) is 0 Å². The molecule has 88 valence electrons. The normalized spacial score (nSPS) is 10.9. The molecule has 0 atom stereocenters. The van der Waals surface area contributed by atoms with Crippen LogP contribution in [0.5, 0.6) is 0 Å². The highest BCUT2D eigenvalue weighted by atomic mass is 16.4. The SMILES string of the molecule is O=C(O)c1ccc2c(c1)oc(=O)c1ccccc12. The second-order valence-electron chi connectivity index (χ2n) is 3.95. The van der Waals surface area contributed by atoms with E-state index in [1.807, 2.05) is 12.1 Å². The van der Waals surface area contributed by atoms with Crippen LogP contribution in [0, 0.1) is 0 Å². The van der Waals surface area contributed by atoms with Crippen molar-refractivity contribution in [3.63, 3.8) is 0 Å². The first-order valence-electron chi connectivity index (χ1n) is 5.36. The van der Waals surface area contributed by atoms with Gasteiger partial charge in [-0.15, -0.1) is 0 Å². The Bertz CT molecular complexity index is 830. The first-order valence-corrected chi connectivity index (χ1v) is 5.36. The van der Waals surface area contributed by atoms with E-state index in [0.29, 0.717) is 11.0 Å². The van der Waals surface area contributed by atoms with Crippen molar-refractivity contribution in [2.24, 2.45) is 0 Å². The average Bonchev–Trinajstić information content (AvgIpc) is 2.38. The van der Waals surface area contributed by atoms with Crippen LogP contribution in [-0.4, -0.2) is 11.1 Å². The van der Waals surface area contributed by atoms with Gasteiger partial charge < -0.3 is 9.52 Å². The minimum Gasteiger partial charge on any atom is -0.478 e. The Hall–Kier alpha value is -2.62. The van der Waals surface area contributed by atoms with Crippen molar-refractivity contribution in [2.75, 3.05) is 0 Å². The third-order valence-corrected chi connectivity index (χ3v) is 2.87. The maximum Gasteiger partial charge on any atom is 0.344 e. The molecule has 1 aromatic heterocycles. The molecule has 1 N–H and O–H groups in total. The number of hydrogen-bond acceptors (Lipinski definition) is 3. The molecule has 0 amide bonds. The van der Waals surface area contributed by atoms with Crippen molar-refractivity contribution in [2.45, 2.75) is 0 Å². The van der Waals surface area contributed by atoms with Crippen molar-refractivity contribution < 1.29 is 14.3 Å². The molecule has 0 saturated heterocycles. The highest BCUT2D eigenvalue weighted by Gasteiger charge is 2.09. The monoisotopic (exact) mass is 240 g/mol. The molecule has 18 heavy (non-hydrogen) atoms. The van der Waals surface area contributed by atoms with Crippen LogP contribution >= 0.6 is 0 Å². The summed E-state index contributed by atoms with van der Waals surface area (Å²) in [6, 6.07) is 11.6. The van der Waals surface area contributed by atoms with Gasteiger partial charge in [-0.25, -0.2) is 9.59 Å². The number of carbonyl (C=O) groups is 1. The van der Waals surface area contributed by atoms with Crippen LogP contribution in [0.1, 0.15) is 10.4 Å². The summed E-state index contributed by atoms with van der Waals surface area (Å²) < 4.78 is 5.15. The third kappa shape index (κ3) is 1.47. The summed E-state index contributed by atoms with van der Waals surface area (Å²) in [5.74, 6) is -1.05. The molecule has 2 aromatic carbocycles. The first-order chi connectivity index (χ1) is 8.66. The van der Waals surface area contributed by atoms with E-state index in [2.05, 4.69) is 0 Å². The molecule has 3 aromatic rings. The lowest BCUT2D eigenvalue weighted by atomic mass is 10.1. The fraction of sp³-hybridized carbons (Fsp3) is 0. The molecule has 0 bridgehead atoms. The molecule has 0 radical (unpaired) electrons. The fourth-order valence-electron chi connectivity index (χ4n) is 2.01. The minimum atomic E-state index is -1.05. The molecule has 0 saturated carbocycles. The van der Waals surface area contributed by atoms with E-state index in [1.54, 1.807) is 18.2 Å². The molecule has 1 heterocycles. The zero-order chi connectivity index (χ0) is 12.7. The first kappa shape index (κ1) is 10.5. The molecular formula is C14H8O4. The second kappa shape index (κ2) is 3.70. The van der Waals surface area contributed by atoms with E-state index in [1.165, 1.54) is 12.1 Å². The predicted molar refractivity (Wildman–Crippen MR) is 66.9 cm³/mol. The summed E-state index contributed by atoms with van der Waals surface area (Å²) in [5.41, 5.74) is -0.0693. The number of rotatable bonds is 1. The molecular weight excluding hydrogens is 232 g/mol. The quantitative estimate of drug-likeness (QED) is 0.524. The van der Waals surface area contributed by atoms with Gasteiger partial charge in [0.1, 0.15) is 5.58 Å². The van der Waals surface area contributed by atoms with Gasteiger partial charge in [0.15, 0.2) is 0 Å². The van der Waals surface area contributed by atoms with Crippen molar-refractivity contribution in [3.8, 4) is 0 Å². The number of aromatic carboxylic acids is 1. The minimum absolute atomic E-state index is 0.0981. The van der Waals surface area contributed by atoms with E-state index >= 15 is 0 Å². The van der Waals surface area contributed by atoms with Gasteiger partial charge in [0.2, 0.25) is 0 Å². The molecule has 4 heteroatoms. The van der Waals surface area contributed by atoms with Gasteiger partial charge in [-0.1, -0.05) is 18.2 Å². The van der Waals surface area contributed by atoms with Gasteiger partial charge in [-0.05, 0) is 29.7 Å². The highest BCUT2D eigenvalue weighted by molar-refractivity contribution is 6.05. The van der Waals surface area contributed by atoms with Crippen molar-refractivity contribution in [1.82, 2.24) is 0 Å². The summed E-state index contributed by atoms with van der Waals surface area (Å²) in [7, 11) is 0. The van der Waals surface area contributed by atoms with Crippen LogP contribution in [0.15, 0.2) is 51.7 Å². The lowest BCUT2D eigenvalue weighted by Gasteiger charge is -2.02. The zero-order valence-electron chi connectivity index (χ0n) is 9.21. The Balaban J connectivity index is 2.50. The lowest BCUT2D eigenvalue weighted by molar-refractivity contribution is 0.0697. The molecule has 3 rings (SSSR count). The average molecular weight is 240 g/mol. The summed E-state index contributed by atoms with van der Waals surface area (Å²) in [5, 5.41) is 10.9. The number of fused-ring (bicyclic) bond motifs is 3. The van der Waals surface area contributed by atoms with Crippen molar-refractivity contribution >= 4 is 27.7 Å². The van der Waals surface area contributed by atoms with Gasteiger partial charge in [-0.2, -0.15) is 0 Å². The number of carboxylic acids is 1. The van der Waals surface area contributed by atoms with Crippen molar-refractivity contribution in [3.05, 3.63) is 58.4 Å². The fourth-order valence-corrected chi connectivity index (χ4v) is 2.01. The van der Waals surface area contributed by atoms with Gasteiger partial charge in [0.05, 0.1) is 10.9 Å². The Labute approximate surface area is 101 Å². The standard InChI is InChI=1S/C14H8O4/c15-13(16)8-5-6-10-9-3-1-2-4-11(9)14(17)18-12(10)7-8/h1-7H,(H,15,16). The van der Waals surface area contributed by atoms with E-state index < -0.39 is 11.6 Å². The Morgan fingerprint density at radius 3 is 2.44 bits per heavy atom. The second-order valence-corrected chi connectivity index (χ2v) is 3.95. The van der Waals surface area contributed by atoms with Gasteiger partial charge in [-0.3, -0.25) is 0 Å². The molecule has 0 aliphatic rings. The van der Waals surface area contributed by atoms with Crippen molar-refractivity contribution in [1.29, 1.82) is 0 Å². The summed E-state index contributed by atoms with van der Waals surface area (Å²) in [6.07, 6.45) is 0. The predicted octanol–water partition coefficient (Wildman–Crippen LogP) is 2.64. The van der Waals surface area contributed by atoms with E-state index in [9.17, 15) is 9.59 Å². The maximum absolute atomic E-state index is 11.8. The van der Waals surface area contributed by atoms with E-state index in [4.69, 9.17) is 9.52 Å². The summed E-state index contributed by atoms with van der Waals surface area (Å²) in [6.45, 7) is 0. The third-order valence-electron chi connectivity index (χ3n) is 2.87.